The highest BCUT2D eigenvalue weighted by atomic mass is 35.5. The lowest BCUT2D eigenvalue weighted by Crippen LogP contribution is -2.28. The second kappa shape index (κ2) is 9.32. The minimum absolute atomic E-state index is 0.517. The SMILES string of the molecule is Cc1nn(-c2ccccc2)c(C)c1CNC(=S)Nc1ccn(Cc2ccc(Cl)cc2)n1. The highest BCUT2D eigenvalue weighted by Gasteiger charge is 2.13. The summed E-state index contributed by atoms with van der Waals surface area (Å²) in [7, 11) is 0. The van der Waals surface area contributed by atoms with Crippen molar-refractivity contribution < 1.29 is 0 Å². The van der Waals surface area contributed by atoms with E-state index in [-0.39, 0.29) is 0 Å². The van der Waals surface area contributed by atoms with Crippen molar-refractivity contribution in [3.63, 3.8) is 0 Å². The molecule has 2 aromatic carbocycles. The van der Waals surface area contributed by atoms with Gasteiger partial charge in [0.05, 0.1) is 17.9 Å². The highest BCUT2D eigenvalue weighted by Crippen LogP contribution is 2.18. The Morgan fingerprint density at radius 1 is 1.00 bits per heavy atom. The molecule has 0 fully saturated rings. The lowest BCUT2D eigenvalue weighted by Gasteiger charge is -2.10. The predicted molar refractivity (Wildman–Crippen MR) is 129 cm³/mol. The molecule has 0 atom stereocenters. The van der Waals surface area contributed by atoms with Crippen LogP contribution in [0, 0.1) is 13.8 Å². The molecule has 0 saturated heterocycles. The maximum Gasteiger partial charge on any atom is 0.172 e. The van der Waals surface area contributed by atoms with Crippen LogP contribution in [-0.2, 0) is 13.1 Å². The fourth-order valence-electron chi connectivity index (χ4n) is 3.37. The molecule has 0 saturated carbocycles. The number of nitrogens with one attached hydrogen (secondary N) is 2. The minimum Gasteiger partial charge on any atom is -0.358 e. The molecule has 0 amide bonds. The maximum absolute atomic E-state index is 5.94. The lowest BCUT2D eigenvalue weighted by atomic mass is 10.2. The molecule has 31 heavy (non-hydrogen) atoms. The van der Waals surface area contributed by atoms with Gasteiger partial charge in [-0.2, -0.15) is 10.2 Å². The van der Waals surface area contributed by atoms with Crippen molar-refractivity contribution in [2.24, 2.45) is 0 Å². The molecule has 0 aliphatic carbocycles. The van der Waals surface area contributed by atoms with E-state index >= 15 is 0 Å². The summed E-state index contributed by atoms with van der Waals surface area (Å²) in [4.78, 5) is 0. The molecule has 4 rings (SSSR count). The van der Waals surface area contributed by atoms with Crippen LogP contribution in [0.3, 0.4) is 0 Å². The summed E-state index contributed by atoms with van der Waals surface area (Å²) in [5.41, 5.74) is 5.36. The van der Waals surface area contributed by atoms with Crippen LogP contribution in [0.1, 0.15) is 22.5 Å². The third kappa shape index (κ3) is 5.13. The molecule has 0 radical (unpaired) electrons. The largest absolute Gasteiger partial charge is 0.358 e. The number of aromatic nitrogens is 4. The molecule has 2 heterocycles. The number of rotatable bonds is 6. The van der Waals surface area contributed by atoms with Crippen molar-refractivity contribution in [3.05, 3.63) is 94.4 Å². The van der Waals surface area contributed by atoms with Gasteiger partial charge in [-0.05, 0) is 55.9 Å². The Labute approximate surface area is 191 Å². The first-order chi connectivity index (χ1) is 15.0. The van der Waals surface area contributed by atoms with Gasteiger partial charge in [-0.15, -0.1) is 0 Å². The first-order valence-electron chi connectivity index (χ1n) is 9.93. The standard InChI is InChI=1S/C23H23ClN6S/c1-16-21(17(2)30(27-16)20-6-4-3-5-7-20)14-25-23(31)26-22-12-13-29(28-22)15-18-8-10-19(24)11-9-18/h3-13H,14-15H2,1-2H3,(H2,25,26,28,31). The molecular formula is C23H23ClN6S. The molecule has 6 nitrogen and oxygen atoms in total. The van der Waals surface area contributed by atoms with Crippen molar-refractivity contribution in [1.29, 1.82) is 0 Å². The van der Waals surface area contributed by atoms with Gasteiger partial charge in [0.25, 0.3) is 0 Å². The van der Waals surface area contributed by atoms with Crippen LogP contribution >= 0.6 is 23.8 Å². The minimum atomic E-state index is 0.517. The number of halogens is 1. The zero-order chi connectivity index (χ0) is 21.8. The highest BCUT2D eigenvalue weighted by molar-refractivity contribution is 7.80. The topological polar surface area (TPSA) is 59.7 Å². The third-order valence-electron chi connectivity index (χ3n) is 5.01. The van der Waals surface area contributed by atoms with E-state index in [9.17, 15) is 0 Å². The van der Waals surface area contributed by atoms with Crippen LogP contribution in [0.4, 0.5) is 5.82 Å². The third-order valence-corrected chi connectivity index (χ3v) is 5.51. The molecule has 158 valence electrons. The average molecular weight is 451 g/mol. The Hall–Kier alpha value is -3.16. The molecule has 2 aromatic heterocycles. The molecule has 0 aliphatic rings. The summed E-state index contributed by atoms with van der Waals surface area (Å²) in [5, 5.41) is 16.9. The zero-order valence-corrected chi connectivity index (χ0v) is 18.9. The van der Waals surface area contributed by atoms with Gasteiger partial charge < -0.3 is 10.6 Å². The lowest BCUT2D eigenvalue weighted by molar-refractivity contribution is 0.690. The van der Waals surface area contributed by atoms with Crippen molar-refractivity contribution in [1.82, 2.24) is 24.9 Å². The van der Waals surface area contributed by atoms with Gasteiger partial charge in [0.2, 0.25) is 0 Å². The molecular weight excluding hydrogens is 428 g/mol. The monoisotopic (exact) mass is 450 g/mol. The number of para-hydroxylation sites is 1. The van der Waals surface area contributed by atoms with Crippen LogP contribution in [-0.4, -0.2) is 24.7 Å². The summed E-state index contributed by atoms with van der Waals surface area (Å²) in [6, 6.07) is 19.7. The van der Waals surface area contributed by atoms with E-state index < -0.39 is 0 Å². The summed E-state index contributed by atoms with van der Waals surface area (Å²) < 4.78 is 3.81. The van der Waals surface area contributed by atoms with E-state index in [0.717, 1.165) is 33.2 Å². The molecule has 0 aliphatic heterocycles. The van der Waals surface area contributed by atoms with E-state index in [0.29, 0.717) is 24.0 Å². The Morgan fingerprint density at radius 2 is 1.74 bits per heavy atom. The van der Waals surface area contributed by atoms with Gasteiger partial charge >= 0.3 is 0 Å². The second-order valence-corrected chi connectivity index (χ2v) is 8.07. The summed E-state index contributed by atoms with van der Waals surface area (Å²) >= 11 is 11.4. The van der Waals surface area contributed by atoms with Crippen LogP contribution in [0.2, 0.25) is 5.02 Å². The maximum atomic E-state index is 5.94. The van der Waals surface area contributed by atoms with Crippen molar-refractivity contribution >= 4 is 34.7 Å². The van der Waals surface area contributed by atoms with Crippen LogP contribution in [0.5, 0.6) is 0 Å². The van der Waals surface area contributed by atoms with Gasteiger partial charge in [0, 0.05) is 35.1 Å². The Kier molecular flexibility index (Phi) is 6.34. The van der Waals surface area contributed by atoms with Crippen molar-refractivity contribution in [3.8, 4) is 5.69 Å². The number of aryl methyl sites for hydroxylation is 1. The Bertz CT molecular complexity index is 1180. The van der Waals surface area contributed by atoms with E-state index in [1.807, 2.05) is 83.1 Å². The number of hydrogen-bond donors (Lipinski definition) is 2. The van der Waals surface area contributed by atoms with Crippen LogP contribution < -0.4 is 10.6 Å². The number of anilines is 1. The fourth-order valence-corrected chi connectivity index (χ4v) is 3.68. The summed E-state index contributed by atoms with van der Waals surface area (Å²) in [5.74, 6) is 0.694. The van der Waals surface area contributed by atoms with Gasteiger partial charge in [0.15, 0.2) is 10.9 Å². The van der Waals surface area contributed by atoms with Crippen LogP contribution in [0.15, 0.2) is 66.9 Å². The predicted octanol–water partition coefficient (Wildman–Crippen LogP) is 4.87. The Balaban J connectivity index is 1.35. The Morgan fingerprint density at radius 3 is 2.48 bits per heavy atom. The van der Waals surface area contributed by atoms with Crippen molar-refractivity contribution in [2.45, 2.75) is 26.9 Å². The normalized spacial score (nSPS) is 10.8. The van der Waals surface area contributed by atoms with E-state index in [4.69, 9.17) is 23.8 Å². The van der Waals surface area contributed by atoms with Gasteiger partial charge in [-0.3, -0.25) is 4.68 Å². The van der Waals surface area contributed by atoms with Gasteiger partial charge in [-0.1, -0.05) is 41.9 Å². The molecule has 8 heteroatoms. The molecule has 4 aromatic rings. The number of hydrogen-bond acceptors (Lipinski definition) is 3. The molecule has 2 N–H and O–H groups in total. The van der Waals surface area contributed by atoms with E-state index in [1.54, 1.807) is 0 Å². The van der Waals surface area contributed by atoms with Gasteiger partial charge in [0.1, 0.15) is 0 Å². The summed E-state index contributed by atoms with van der Waals surface area (Å²) in [6.07, 6.45) is 1.91. The van der Waals surface area contributed by atoms with Gasteiger partial charge in [-0.25, -0.2) is 4.68 Å². The zero-order valence-electron chi connectivity index (χ0n) is 17.3. The number of thiocarbonyl (C=S) groups is 1. The molecule has 0 spiro atoms. The summed E-state index contributed by atoms with van der Waals surface area (Å²) in [6.45, 7) is 5.33. The smallest absolute Gasteiger partial charge is 0.172 e. The number of benzene rings is 2. The molecule has 0 bridgehead atoms. The van der Waals surface area contributed by atoms with E-state index in [1.165, 1.54) is 0 Å². The van der Waals surface area contributed by atoms with Crippen LogP contribution in [0.25, 0.3) is 5.69 Å². The van der Waals surface area contributed by atoms with E-state index in [2.05, 4.69) is 27.8 Å². The first kappa shape index (κ1) is 21.1. The number of nitrogens with zero attached hydrogens (tertiary/aromatic N) is 4. The quantitative estimate of drug-likeness (QED) is 0.410. The second-order valence-electron chi connectivity index (χ2n) is 7.23. The average Bonchev–Trinajstić information content (AvgIpc) is 3.32. The fraction of sp³-hybridized carbons (Fsp3) is 0.174. The van der Waals surface area contributed by atoms with Crippen molar-refractivity contribution in [2.75, 3.05) is 5.32 Å². The first-order valence-corrected chi connectivity index (χ1v) is 10.7. The molecule has 0 unspecified atom stereocenters.